The standard InChI is InChI=1S/C11H13N3O2/c1-2-4-9-13-11(16-14-9)7-5-3-6-8(12)10(7)15/h3,5-6,15H,2,4,12H2,1H3. The summed E-state index contributed by atoms with van der Waals surface area (Å²) in [5.74, 6) is 0.918. The number of para-hydroxylation sites is 1. The first-order valence-corrected chi connectivity index (χ1v) is 5.12. The second-order valence-electron chi connectivity index (χ2n) is 3.51. The van der Waals surface area contributed by atoms with Crippen molar-refractivity contribution in [3.05, 3.63) is 24.0 Å². The highest BCUT2D eigenvalue weighted by Gasteiger charge is 2.13. The summed E-state index contributed by atoms with van der Waals surface area (Å²) in [7, 11) is 0. The third kappa shape index (κ3) is 1.84. The Morgan fingerprint density at radius 2 is 2.25 bits per heavy atom. The Balaban J connectivity index is 2.39. The number of phenolic OH excluding ortho intramolecular Hbond substituents is 1. The van der Waals surface area contributed by atoms with E-state index in [2.05, 4.69) is 10.1 Å². The van der Waals surface area contributed by atoms with Crippen LogP contribution in [-0.2, 0) is 6.42 Å². The fraction of sp³-hybridized carbons (Fsp3) is 0.273. The largest absolute Gasteiger partial charge is 0.505 e. The fourth-order valence-electron chi connectivity index (χ4n) is 1.42. The third-order valence-electron chi connectivity index (χ3n) is 2.24. The molecule has 0 atom stereocenters. The van der Waals surface area contributed by atoms with Crippen molar-refractivity contribution in [2.24, 2.45) is 0 Å². The highest BCUT2D eigenvalue weighted by molar-refractivity contribution is 5.71. The van der Waals surface area contributed by atoms with E-state index in [4.69, 9.17) is 10.3 Å². The molecule has 0 aliphatic carbocycles. The number of nitrogen functional groups attached to an aromatic ring is 1. The summed E-state index contributed by atoms with van der Waals surface area (Å²) in [6.45, 7) is 2.04. The van der Waals surface area contributed by atoms with Crippen molar-refractivity contribution in [3.63, 3.8) is 0 Å². The number of aromatic hydroxyl groups is 1. The summed E-state index contributed by atoms with van der Waals surface area (Å²) in [5, 5.41) is 13.6. The van der Waals surface area contributed by atoms with Crippen molar-refractivity contribution in [3.8, 4) is 17.2 Å². The van der Waals surface area contributed by atoms with Gasteiger partial charge in [0.05, 0.1) is 11.3 Å². The number of nitrogens with zero attached hydrogens (tertiary/aromatic N) is 2. The first-order valence-electron chi connectivity index (χ1n) is 5.12. The second-order valence-corrected chi connectivity index (χ2v) is 3.51. The lowest BCUT2D eigenvalue weighted by atomic mass is 10.2. The Bertz CT molecular complexity index is 494. The number of aromatic nitrogens is 2. The SMILES string of the molecule is CCCc1noc(-c2cccc(N)c2O)n1. The normalized spacial score (nSPS) is 10.6. The highest BCUT2D eigenvalue weighted by Crippen LogP contribution is 2.32. The smallest absolute Gasteiger partial charge is 0.261 e. The van der Waals surface area contributed by atoms with E-state index in [1.54, 1.807) is 18.2 Å². The van der Waals surface area contributed by atoms with Gasteiger partial charge in [-0.3, -0.25) is 0 Å². The number of aryl methyl sites for hydroxylation is 1. The lowest BCUT2D eigenvalue weighted by Gasteiger charge is -2.01. The van der Waals surface area contributed by atoms with Gasteiger partial charge in [0.25, 0.3) is 5.89 Å². The van der Waals surface area contributed by atoms with Gasteiger partial charge >= 0.3 is 0 Å². The molecule has 0 aliphatic heterocycles. The maximum absolute atomic E-state index is 9.74. The fourth-order valence-corrected chi connectivity index (χ4v) is 1.42. The summed E-state index contributed by atoms with van der Waals surface area (Å²) < 4.78 is 5.06. The minimum Gasteiger partial charge on any atom is -0.505 e. The van der Waals surface area contributed by atoms with Crippen LogP contribution in [0.3, 0.4) is 0 Å². The van der Waals surface area contributed by atoms with Crippen LogP contribution in [0.2, 0.25) is 0 Å². The van der Waals surface area contributed by atoms with Gasteiger partial charge in [-0.15, -0.1) is 0 Å². The molecule has 0 aliphatic rings. The summed E-state index contributed by atoms with van der Waals surface area (Å²) in [5.41, 5.74) is 6.35. The molecule has 1 aromatic carbocycles. The van der Waals surface area contributed by atoms with E-state index in [0.717, 1.165) is 12.8 Å². The number of hydrogen-bond donors (Lipinski definition) is 2. The summed E-state index contributed by atoms with van der Waals surface area (Å²) in [4.78, 5) is 4.18. The molecule has 84 valence electrons. The van der Waals surface area contributed by atoms with E-state index in [-0.39, 0.29) is 5.75 Å². The topological polar surface area (TPSA) is 85.2 Å². The molecule has 16 heavy (non-hydrogen) atoms. The maximum atomic E-state index is 9.74. The first-order chi connectivity index (χ1) is 7.72. The molecule has 5 heteroatoms. The van der Waals surface area contributed by atoms with Gasteiger partial charge in [-0.05, 0) is 18.6 Å². The molecule has 2 aromatic rings. The minimum atomic E-state index is -0.0193. The molecule has 1 heterocycles. The zero-order valence-electron chi connectivity index (χ0n) is 8.97. The second kappa shape index (κ2) is 4.22. The molecule has 2 rings (SSSR count). The number of anilines is 1. The Morgan fingerprint density at radius 3 is 3.00 bits per heavy atom. The number of hydrogen-bond acceptors (Lipinski definition) is 5. The van der Waals surface area contributed by atoms with E-state index in [0.29, 0.717) is 23.0 Å². The van der Waals surface area contributed by atoms with Gasteiger partial charge in [-0.1, -0.05) is 18.1 Å². The van der Waals surface area contributed by atoms with E-state index in [9.17, 15) is 5.11 Å². The van der Waals surface area contributed by atoms with Gasteiger partial charge in [-0.2, -0.15) is 4.98 Å². The Hall–Kier alpha value is -2.04. The van der Waals surface area contributed by atoms with Crippen LogP contribution in [0.25, 0.3) is 11.5 Å². The molecule has 0 bridgehead atoms. The lowest BCUT2D eigenvalue weighted by Crippen LogP contribution is -1.89. The zero-order valence-corrected chi connectivity index (χ0v) is 8.97. The molecule has 0 unspecified atom stereocenters. The number of nitrogens with two attached hydrogens (primary N) is 1. The summed E-state index contributed by atoms with van der Waals surface area (Å²) in [6.07, 6.45) is 1.70. The Kier molecular flexibility index (Phi) is 2.76. The average Bonchev–Trinajstić information content (AvgIpc) is 2.71. The predicted octanol–water partition coefficient (Wildman–Crippen LogP) is 1.98. The number of rotatable bonds is 3. The van der Waals surface area contributed by atoms with Gasteiger partial charge in [-0.25, -0.2) is 0 Å². The molecular weight excluding hydrogens is 206 g/mol. The van der Waals surface area contributed by atoms with Gasteiger partial charge in [0.15, 0.2) is 11.6 Å². The molecule has 0 saturated heterocycles. The van der Waals surface area contributed by atoms with Gasteiger partial charge < -0.3 is 15.4 Å². The molecule has 3 N–H and O–H groups in total. The van der Waals surface area contributed by atoms with Crippen molar-refractivity contribution in [2.45, 2.75) is 19.8 Å². The molecule has 0 radical (unpaired) electrons. The molecular formula is C11H13N3O2. The van der Waals surface area contributed by atoms with Gasteiger partial charge in [0.1, 0.15) is 0 Å². The quantitative estimate of drug-likeness (QED) is 0.609. The first kappa shape index (κ1) is 10.5. The molecule has 0 fully saturated rings. The van der Waals surface area contributed by atoms with Crippen molar-refractivity contribution in [1.29, 1.82) is 0 Å². The van der Waals surface area contributed by atoms with Crippen LogP contribution in [0, 0.1) is 0 Å². The van der Waals surface area contributed by atoms with Gasteiger partial charge in [0.2, 0.25) is 0 Å². The van der Waals surface area contributed by atoms with Crippen molar-refractivity contribution in [2.75, 3.05) is 5.73 Å². The van der Waals surface area contributed by atoms with Crippen molar-refractivity contribution >= 4 is 5.69 Å². The molecule has 5 nitrogen and oxygen atoms in total. The van der Waals surface area contributed by atoms with Crippen LogP contribution in [0.4, 0.5) is 5.69 Å². The average molecular weight is 219 g/mol. The maximum Gasteiger partial charge on any atom is 0.261 e. The number of phenols is 1. The van der Waals surface area contributed by atoms with E-state index >= 15 is 0 Å². The van der Waals surface area contributed by atoms with Crippen LogP contribution in [0.1, 0.15) is 19.2 Å². The predicted molar refractivity (Wildman–Crippen MR) is 59.8 cm³/mol. The Labute approximate surface area is 92.9 Å². The monoisotopic (exact) mass is 219 g/mol. The number of benzene rings is 1. The summed E-state index contributed by atoms with van der Waals surface area (Å²) >= 11 is 0. The van der Waals surface area contributed by atoms with Crippen LogP contribution >= 0.6 is 0 Å². The minimum absolute atomic E-state index is 0.0193. The van der Waals surface area contributed by atoms with Gasteiger partial charge in [0, 0.05) is 6.42 Å². The van der Waals surface area contributed by atoms with Crippen LogP contribution in [-0.4, -0.2) is 15.2 Å². The van der Waals surface area contributed by atoms with E-state index in [1.165, 1.54) is 0 Å². The highest BCUT2D eigenvalue weighted by atomic mass is 16.5. The third-order valence-corrected chi connectivity index (χ3v) is 2.24. The van der Waals surface area contributed by atoms with Crippen LogP contribution in [0.5, 0.6) is 5.75 Å². The summed E-state index contributed by atoms with van der Waals surface area (Å²) in [6, 6.07) is 5.03. The van der Waals surface area contributed by atoms with Crippen LogP contribution in [0.15, 0.2) is 22.7 Å². The van der Waals surface area contributed by atoms with E-state index < -0.39 is 0 Å². The molecule has 1 aromatic heterocycles. The Morgan fingerprint density at radius 1 is 1.44 bits per heavy atom. The molecule has 0 spiro atoms. The lowest BCUT2D eigenvalue weighted by molar-refractivity contribution is 0.417. The van der Waals surface area contributed by atoms with Crippen molar-refractivity contribution < 1.29 is 9.63 Å². The van der Waals surface area contributed by atoms with Crippen LogP contribution < -0.4 is 5.73 Å². The zero-order chi connectivity index (χ0) is 11.5. The molecule has 0 saturated carbocycles. The van der Waals surface area contributed by atoms with Crippen molar-refractivity contribution in [1.82, 2.24) is 10.1 Å². The molecule has 0 amide bonds. The van der Waals surface area contributed by atoms with E-state index in [1.807, 2.05) is 6.92 Å².